The topological polar surface area (TPSA) is 64.6 Å². The number of hydrogen-bond acceptors (Lipinski definition) is 4. The molecule has 0 radical (unpaired) electrons. The first-order valence-electron chi connectivity index (χ1n) is 7.08. The predicted octanol–water partition coefficient (Wildman–Crippen LogP) is 3.45. The van der Waals surface area contributed by atoms with Gasteiger partial charge in [-0.05, 0) is 32.8 Å². The highest BCUT2D eigenvalue weighted by atomic mass is 127. The van der Waals surface area contributed by atoms with Crippen LogP contribution in [0.1, 0.15) is 32.8 Å². The molecule has 6 heteroatoms. The van der Waals surface area contributed by atoms with E-state index >= 15 is 0 Å². The van der Waals surface area contributed by atoms with Crippen molar-refractivity contribution in [2.75, 3.05) is 4.43 Å². The van der Waals surface area contributed by atoms with Crippen molar-refractivity contribution in [1.29, 1.82) is 0 Å². The highest BCUT2D eigenvalue weighted by Gasteiger charge is 2.25. The Labute approximate surface area is 144 Å². The molecule has 0 spiro atoms. The third-order valence-electron chi connectivity index (χ3n) is 2.60. The van der Waals surface area contributed by atoms with Gasteiger partial charge in [-0.25, -0.2) is 9.59 Å². The Morgan fingerprint density at radius 2 is 1.86 bits per heavy atom. The Kier molecular flexibility index (Phi) is 7.64. The normalized spacial score (nSPS) is 12.4. The average molecular weight is 419 g/mol. The van der Waals surface area contributed by atoms with E-state index in [1.54, 1.807) is 20.8 Å². The molecular formula is C16H22INO4. The van der Waals surface area contributed by atoms with Crippen LogP contribution in [0.25, 0.3) is 0 Å². The van der Waals surface area contributed by atoms with Crippen LogP contribution in [0.15, 0.2) is 30.3 Å². The van der Waals surface area contributed by atoms with E-state index < -0.39 is 23.7 Å². The summed E-state index contributed by atoms with van der Waals surface area (Å²) in [5.74, 6) is -0.452. The van der Waals surface area contributed by atoms with Crippen LogP contribution in [0.3, 0.4) is 0 Å². The number of amides is 1. The van der Waals surface area contributed by atoms with Crippen molar-refractivity contribution < 1.29 is 19.1 Å². The Balaban J connectivity index is 2.54. The molecule has 1 unspecified atom stereocenters. The van der Waals surface area contributed by atoms with Gasteiger partial charge in [0.1, 0.15) is 18.2 Å². The average Bonchev–Trinajstić information content (AvgIpc) is 2.43. The van der Waals surface area contributed by atoms with Crippen LogP contribution in [-0.4, -0.2) is 28.1 Å². The van der Waals surface area contributed by atoms with Gasteiger partial charge in [-0.2, -0.15) is 0 Å². The van der Waals surface area contributed by atoms with Gasteiger partial charge in [-0.3, -0.25) is 0 Å². The molecule has 1 atom stereocenters. The van der Waals surface area contributed by atoms with Gasteiger partial charge in [0.05, 0.1) is 0 Å². The summed E-state index contributed by atoms with van der Waals surface area (Å²) in [6.07, 6.45) is -0.119. The third-order valence-corrected chi connectivity index (χ3v) is 3.22. The third kappa shape index (κ3) is 7.63. The molecule has 0 aliphatic heterocycles. The molecule has 122 valence electrons. The Bertz CT molecular complexity index is 485. The van der Waals surface area contributed by atoms with Gasteiger partial charge < -0.3 is 14.8 Å². The molecule has 1 amide bonds. The van der Waals surface area contributed by atoms with Gasteiger partial charge >= 0.3 is 12.1 Å². The quantitative estimate of drug-likeness (QED) is 0.436. The lowest BCUT2D eigenvalue weighted by molar-refractivity contribution is -0.147. The zero-order valence-electron chi connectivity index (χ0n) is 13.1. The second kappa shape index (κ2) is 8.97. The van der Waals surface area contributed by atoms with Crippen molar-refractivity contribution in [3.8, 4) is 0 Å². The van der Waals surface area contributed by atoms with Crippen LogP contribution in [0, 0.1) is 0 Å². The van der Waals surface area contributed by atoms with Crippen LogP contribution in [-0.2, 0) is 20.9 Å². The summed E-state index contributed by atoms with van der Waals surface area (Å²) in [6.45, 7) is 5.50. The minimum absolute atomic E-state index is 0.188. The van der Waals surface area contributed by atoms with Crippen molar-refractivity contribution in [3.05, 3.63) is 35.9 Å². The van der Waals surface area contributed by atoms with Gasteiger partial charge in [-0.1, -0.05) is 52.9 Å². The van der Waals surface area contributed by atoms with Crippen molar-refractivity contribution in [2.24, 2.45) is 0 Å². The zero-order chi connectivity index (χ0) is 16.6. The Morgan fingerprint density at radius 1 is 1.23 bits per heavy atom. The molecule has 0 heterocycles. The standard InChI is InChI=1S/C16H22INO4/c1-16(2,3)22-15(20)18-13(9-10-17)14(19)21-11-12-7-5-4-6-8-12/h4-8,13H,9-11H2,1-3H3,(H,18,20). The van der Waals surface area contributed by atoms with Gasteiger partial charge in [0, 0.05) is 4.43 Å². The molecule has 22 heavy (non-hydrogen) atoms. The van der Waals surface area contributed by atoms with Crippen LogP contribution in [0.2, 0.25) is 0 Å². The summed E-state index contributed by atoms with van der Waals surface area (Å²) in [5, 5.41) is 2.57. The van der Waals surface area contributed by atoms with E-state index in [4.69, 9.17) is 9.47 Å². The SMILES string of the molecule is CC(C)(C)OC(=O)NC(CCI)C(=O)OCc1ccccc1. The van der Waals surface area contributed by atoms with Crippen LogP contribution in [0.4, 0.5) is 4.79 Å². The van der Waals surface area contributed by atoms with E-state index in [-0.39, 0.29) is 6.61 Å². The molecule has 0 aromatic heterocycles. The summed E-state index contributed by atoms with van der Waals surface area (Å²) in [6, 6.07) is 8.71. The largest absolute Gasteiger partial charge is 0.459 e. The molecule has 0 bridgehead atoms. The molecule has 0 saturated heterocycles. The van der Waals surface area contributed by atoms with Gasteiger partial charge in [0.15, 0.2) is 0 Å². The summed E-state index contributed by atoms with van der Waals surface area (Å²) < 4.78 is 11.1. The molecule has 5 nitrogen and oxygen atoms in total. The minimum Gasteiger partial charge on any atom is -0.459 e. The fourth-order valence-electron chi connectivity index (χ4n) is 1.64. The number of esters is 1. The molecule has 1 N–H and O–H groups in total. The van der Waals surface area contributed by atoms with Gasteiger partial charge in [-0.15, -0.1) is 0 Å². The second-order valence-corrected chi connectivity index (χ2v) is 6.85. The minimum atomic E-state index is -0.699. The predicted molar refractivity (Wildman–Crippen MR) is 92.9 cm³/mol. The highest BCUT2D eigenvalue weighted by molar-refractivity contribution is 14.1. The molecule has 1 rings (SSSR count). The number of rotatable bonds is 6. The summed E-state index contributed by atoms with van der Waals surface area (Å²) >= 11 is 2.15. The number of carbonyl (C=O) groups excluding carboxylic acids is 2. The number of hydrogen-bond donors (Lipinski definition) is 1. The number of benzene rings is 1. The smallest absolute Gasteiger partial charge is 0.408 e. The lowest BCUT2D eigenvalue weighted by Gasteiger charge is -2.22. The second-order valence-electron chi connectivity index (χ2n) is 5.77. The first-order valence-corrected chi connectivity index (χ1v) is 8.60. The Hall–Kier alpha value is -1.31. The maximum absolute atomic E-state index is 12.1. The molecule has 0 aliphatic rings. The molecule has 0 saturated carbocycles. The number of alkyl halides is 1. The number of halogens is 1. The van der Waals surface area contributed by atoms with Crippen molar-refractivity contribution >= 4 is 34.7 Å². The summed E-state index contributed by atoms with van der Waals surface area (Å²) in [5.41, 5.74) is 0.300. The van der Waals surface area contributed by atoms with E-state index in [0.29, 0.717) is 6.42 Å². The maximum atomic E-state index is 12.1. The molecule has 1 aromatic carbocycles. The van der Waals surface area contributed by atoms with Gasteiger partial charge in [0.2, 0.25) is 0 Å². The monoisotopic (exact) mass is 419 g/mol. The van der Waals surface area contributed by atoms with E-state index in [0.717, 1.165) is 9.99 Å². The van der Waals surface area contributed by atoms with Crippen LogP contribution >= 0.6 is 22.6 Å². The number of carbonyl (C=O) groups is 2. The first-order chi connectivity index (χ1) is 10.3. The van der Waals surface area contributed by atoms with E-state index in [2.05, 4.69) is 27.9 Å². The Morgan fingerprint density at radius 3 is 2.41 bits per heavy atom. The number of ether oxygens (including phenoxy) is 2. The zero-order valence-corrected chi connectivity index (χ0v) is 15.3. The van der Waals surface area contributed by atoms with Crippen molar-refractivity contribution in [2.45, 2.75) is 45.4 Å². The number of alkyl carbamates (subject to hydrolysis) is 1. The number of nitrogens with one attached hydrogen (secondary N) is 1. The molecular weight excluding hydrogens is 397 g/mol. The highest BCUT2D eigenvalue weighted by Crippen LogP contribution is 2.09. The fraction of sp³-hybridized carbons (Fsp3) is 0.500. The molecule has 1 aromatic rings. The van der Waals surface area contributed by atoms with E-state index in [1.807, 2.05) is 30.3 Å². The maximum Gasteiger partial charge on any atom is 0.408 e. The van der Waals surface area contributed by atoms with Crippen molar-refractivity contribution in [3.63, 3.8) is 0 Å². The fourth-order valence-corrected chi connectivity index (χ4v) is 2.26. The first kappa shape index (κ1) is 18.7. The van der Waals surface area contributed by atoms with Gasteiger partial charge in [0.25, 0.3) is 0 Å². The summed E-state index contributed by atoms with van der Waals surface area (Å²) in [4.78, 5) is 23.9. The lowest BCUT2D eigenvalue weighted by atomic mass is 10.2. The lowest BCUT2D eigenvalue weighted by Crippen LogP contribution is -2.44. The van der Waals surface area contributed by atoms with E-state index in [9.17, 15) is 9.59 Å². The molecule has 0 aliphatic carbocycles. The van der Waals surface area contributed by atoms with Crippen LogP contribution in [0.5, 0.6) is 0 Å². The van der Waals surface area contributed by atoms with E-state index in [1.165, 1.54) is 0 Å². The van der Waals surface area contributed by atoms with Crippen molar-refractivity contribution in [1.82, 2.24) is 5.32 Å². The van der Waals surface area contributed by atoms with Crippen LogP contribution < -0.4 is 5.32 Å². The molecule has 0 fully saturated rings. The summed E-state index contributed by atoms with van der Waals surface area (Å²) in [7, 11) is 0.